The first-order valence-corrected chi connectivity index (χ1v) is 10.9. The number of fused-ring (bicyclic) bond motifs is 1. The number of hydrogen-bond donors (Lipinski definition) is 3. The maximum absolute atomic E-state index is 13.0. The van der Waals surface area contributed by atoms with Crippen LogP contribution in [0.2, 0.25) is 0 Å². The SMILES string of the molecule is COC(=O)c1[nH]c2ccc(C)cc2c1NC(=O)C[NH+]1CCN(c2cccc(C(F)(F)F)c2)CC1. The van der Waals surface area contributed by atoms with Gasteiger partial charge in [-0.05, 0) is 37.3 Å². The number of aromatic amines is 1. The fourth-order valence-corrected chi connectivity index (χ4v) is 4.24. The largest absolute Gasteiger partial charge is 0.464 e. The third-order valence-corrected chi connectivity index (χ3v) is 6.03. The highest BCUT2D eigenvalue weighted by Gasteiger charge is 2.31. The Kier molecular flexibility index (Phi) is 6.52. The molecule has 1 saturated heterocycles. The monoisotopic (exact) mass is 475 g/mol. The van der Waals surface area contributed by atoms with Crippen LogP contribution in [0.25, 0.3) is 10.9 Å². The summed E-state index contributed by atoms with van der Waals surface area (Å²) in [5, 5.41) is 3.58. The van der Waals surface area contributed by atoms with E-state index < -0.39 is 17.7 Å². The molecule has 10 heteroatoms. The molecule has 4 rings (SSSR count). The Labute approximate surface area is 194 Å². The first-order valence-electron chi connectivity index (χ1n) is 10.9. The Bertz CT molecular complexity index is 1210. The number of ether oxygens (including phenoxy) is 1. The Morgan fingerprint density at radius 3 is 2.56 bits per heavy atom. The first-order chi connectivity index (χ1) is 16.2. The van der Waals surface area contributed by atoms with Crippen LogP contribution in [-0.4, -0.2) is 56.7 Å². The molecule has 34 heavy (non-hydrogen) atoms. The van der Waals surface area contributed by atoms with E-state index >= 15 is 0 Å². The second-order valence-electron chi connectivity index (χ2n) is 8.43. The van der Waals surface area contributed by atoms with Gasteiger partial charge in [-0.1, -0.05) is 17.7 Å². The van der Waals surface area contributed by atoms with Crippen molar-refractivity contribution in [1.29, 1.82) is 0 Å². The van der Waals surface area contributed by atoms with Gasteiger partial charge in [-0.15, -0.1) is 0 Å². The van der Waals surface area contributed by atoms with Crippen molar-refractivity contribution < 1.29 is 32.4 Å². The Balaban J connectivity index is 1.41. The molecule has 0 saturated carbocycles. The third-order valence-electron chi connectivity index (χ3n) is 6.03. The van der Waals surface area contributed by atoms with Crippen molar-refractivity contribution in [2.75, 3.05) is 50.1 Å². The van der Waals surface area contributed by atoms with Crippen molar-refractivity contribution in [3.63, 3.8) is 0 Å². The van der Waals surface area contributed by atoms with Crippen LogP contribution < -0.4 is 15.1 Å². The summed E-state index contributed by atoms with van der Waals surface area (Å²) in [7, 11) is 1.28. The molecule has 3 aromatic rings. The van der Waals surface area contributed by atoms with E-state index in [4.69, 9.17) is 4.74 Å². The summed E-state index contributed by atoms with van der Waals surface area (Å²) in [5.74, 6) is -0.832. The highest BCUT2D eigenvalue weighted by molar-refractivity contribution is 6.11. The Hall–Kier alpha value is -3.53. The number of quaternary nitrogens is 1. The highest BCUT2D eigenvalue weighted by Crippen LogP contribution is 2.32. The molecule has 0 spiro atoms. The molecular formula is C24H26F3N4O3+. The van der Waals surface area contributed by atoms with Crippen LogP contribution in [0.1, 0.15) is 21.6 Å². The van der Waals surface area contributed by atoms with Crippen LogP contribution in [0.4, 0.5) is 24.5 Å². The Morgan fingerprint density at radius 1 is 1.15 bits per heavy atom. The summed E-state index contributed by atoms with van der Waals surface area (Å²) in [4.78, 5) is 31.0. The molecule has 0 bridgehead atoms. The van der Waals surface area contributed by atoms with E-state index in [1.165, 1.54) is 13.2 Å². The minimum Gasteiger partial charge on any atom is -0.464 e. The number of alkyl halides is 3. The van der Waals surface area contributed by atoms with Gasteiger partial charge in [0.1, 0.15) is 5.69 Å². The molecule has 7 nitrogen and oxygen atoms in total. The zero-order valence-electron chi connectivity index (χ0n) is 18.9. The molecule has 3 N–H and O–H groups in total. The summed E-state index contributed by atoms with van der Waals surface area (Å²) in [6.45, 7) is 4.35. The molecule has 180 valence electrons. The second kappa shape index (κ2) is 9.38. The number of methoxy groups -OCH3 is 1. The Morgan fingerprint density at radius 2 is 1.88 bits per heavy atom. The van der Waals surface area contributed by atoms with E-state index in [1.807, 2.05) is 30.0 Å². The molecule has 1 aliphatic heterocycles. The number of halogens is 3. The molecule has 1 amide bonds. The minimum atomic E-state index is -4.38. The summed E-state index contributed by atoms with van der Waals surface area (Å²) in [5.41, 5.74) is 2.11. The summed E-state index contributed by atoms with van der Waals surface area (Å²) >= 11 is 0. The van der Waals surface area contributed by atoms with Crippen LogP contribution in [-0.2, 0) is 15.7 Å². The smallest absolute Gasteiger partial charge is 0.416 e. The van der Waals surface area contributed by atoms with Gasteiger partial charge in [0, 0.05) is 16.6 Å². The lowest BCUT2D eigenvalue weighted by Gasteiger charge is -2.33. The van der Waals surface area contributed by atoms with Crippen molar-refractivity contribution >= 4 is 34.2 Å². The number of carbonyl (C=O) groups excluding carboxylic acids is 2. The lowest BCUT2D eigenvalue weighted by Crippen LogP contribution is -3.15. The van der Waals surface area contributed by atoms with Gasteiger partial charge in [0.15, 0.2) is 6.54 Å². The number of piperazine rings is 1. The molecule has 1 aliphatic rings. The second-order valence-corrected chi connectivity index (χ2v) is 8.43. The normalized spacial score (nSPS) is 14.9. The number of rotatable bonds is 5. The summed E-state index contributed by atoms with van der Waals surface area (Å²) in [6.07, 6.45) is -4.38. The zero-order valence-corrected chi connectivity index (χ0v) is 18.9. The maximum Gasteiger partial charge on any atom is 0.416 e. The number of H-pyrrole nitrogens is 1. The number of esters is 1. The lowest BCUT2D eigenvalue weighted by atomic mass is 10.1. The zero-order chi connectivity index (χ0) is 24.5. The van der Waals surface area contributed by atoms with Gasteiger partial charge in [0.25, 0.3) is 5.91 Å². The predicted octanol–water partition coefficient (Wildman–Crippen LogP) is 2.63. The van der Waals surface area contributed by atoms with Gasteiger partial charge in [0.2, 0.25) is 0 Å². The average Bonchev–Trinajstić information content (AvgIpc) is 3.16. The fraction of sp³-hybridized carbons (Fsp3) is 0.333. The van der Waals surface area contributed by atoms with Gasteiger partial charge in [-0.3, -0.25) is 4.79 Å². The molecule has 2 aromatic carbocycles. The molecule has 0 atom stereocenters. The number of benzene rings is 2. The van der Waals surface area contributed by atoms with E-state index in [0.29, 0.717) is 43.1 Å². The van der Waals surface area contributed by atoms with Crippen LogP contribution in [0.15, 0.2) is 42.5 Å². The predicted molar refractivity (Wildman–Crippen MR) is 122 cm³/mol. The molecule has 1 aromatic heterocycles. The van der Waals surface area contributed by atoms with E-state index in [0.717, 1.165) is 28.0 Å². The molecule has 0 radical (unpaired) electrons. The highest BCUT2D eigenvalue weighted by atomic mass is 19.4. The van der Waals surface area contributed by atoms with Gasteiger partial charge in [-0.2, -0.15) is 13.2 Å². The van der Waals surface area contributed by atoms with Crippen molar-refractivity contribution in [2.45, 2.75) is 13.1 Å². The number of aromatic nitrogens is 1. The topological polar surface area (TPSA) is 78.9 Å². The summed E-state index contributed by atoms with van der Waals surface area (Å²) in [6, 6.07) is 10.9. The molecule has 1 fully saturated rings. The van der Waals surface area contributed by atoms with Crippen LogP contribution in [0, 0.1) is 6.92 Å². The minimum absolute atomic E-state index is 0.176. The third kappa shape index (κ3) is 5.01. The van der Waals surface area contributed by atoms with Crippen molar-refractivity contribution in [3.05, 3.63) is 59.3 Å². The lowest BCUT2D eigenvalue weighted by molar-refractivity contribution is -0.892. The van der Waals surface area contributed by atoms with Crippen molar-refractivity contribution in [3.8, 4) is 0 Å². The number of aryl methyl sites for hydroxylation is 1. The van der Waals surface area contributed by atoms with Gasteiger partial charge >= 0.3 is 12.1 Å². The number of anilines is 2. The average molecular weight is 475 g/mol. The van der Waals surface area contributed by atoms with Gasteiger partial charge in [-0.25, -0.2) is 4.79 Å². The molecule has 0 unspecified atom stereocenters. The van der Waals surface area contributed by atoms with Crippen LogP contribution in [0.3, 0.4) is 0 Å². The van der Waals surface area contributed by atoms with E-state index in [-0.39, 0.29) is 18.1 Å². The number of amides is 1. The van der Waals surface area contributed by atoms with E-state index in [9.17, 15) is 22.8 Å². The van der Waals surface area contributed by atoms with E-state index in [2.05, 4.69) is 10.3 Å². The van der Waals surface area contributed by atoms with Crippen LogP contribution >= 0.6 is 0 Å². The number of carbonyl (C=O) groups is 2. The number of nitrogens with one attached hydrogen (secondary N) is 3. The van der Waals surface area contributed by atoms with Gasteiger partial charge in [0.05, 0.1) is 44.5 Å². The van der Waals surface area contributed by atoms with E-state index in [1.54, 1.807) is 6.07 Å². The maximum atomic E-state index is 13.0. The molecular weight excluding hydrogens is 449 g/mol. The quantitative estimate of drug-likeness (QED) is 0.496. The van der Waals surface area contributed by atoms with Gasteiger partial charge < -0.3 is 24.8 Å². The van der Waals surface area contributed by atoms with Crippen molar-refractivity contribution in [2.24, 2.45) is 0 Å². The number of nitrogens with zero attached hydrogens (tertiary/aromatic N) is 1. The standard InChI is InChI=1S/C24H25F3N4O3/c1-15-6-7-19-18(12-15)21(22(28-19)23(33)34-2)29-20(32)14-30-8-10-31(11-9-30)17-5-3-4-16(13-17)24(25,26)27/h3-7,12-13,28H,8-11,14H2,1-2H3,(H,29,32)/p+1. The van der Waals surface area contributed by atoms with Crippen molar-refractivity contribution in [1.82, 2.24) is 4.98 Å². The molecule has 0 aliphatic carbocycles. The summed E-state index contributed by atoms with van der Waals surface area (Å²) < 4.78 is 43.9. The molecule has 2 heterocycles. The fourth-order valence-electron chi connectivity index (χ4n) is 4.24. The number of hydrogen-bond acceptors (Lipinski definition) is 4. The van der Waals surface area contributed by atoms with Crippen LogP contribution in [0.5, 0.6) is 0 Å². The first kappa shape index (κ1) is 23.6.